The van der Waals surface area contributed by atoms with Gasteiger partial charge in [0.25, 0.3) is 0 Å². The summed E-state index contributed by atoms with van der Waals surface area (Å²) in [6.07, 6.45) is 0.893. The Hall–Kier alpha value is -1.53. The molecule has 0 bridgehead atoms. The van der Waals surface area contributed by atoms with E-state index in [4.69, 9.17) is 11.0 Å². The summed E-state index contributed by atoms with van der Waals surface area (Å²) in [5.74, 6) is 0. The number of anilines is 1. The van der Waals surface area contributed by atoms with E-state index in [1.165, 1.54) is 0 Å². The lowest BCUT2D eigenvalue weighted by Crippen LogP contribution is -2.34. The summed E-state index contributed by atoms with van der Waals surface area (Å²) in [5, 5.41) is 12.0. The summed E-state index contributed by atoms with van der Waals surface area (Å²) in [6, 6.07) is 9.55. The number of benzene rings is 1. The Morgan fingerprint density at radius 1 is 1.47 bits per heavy atom. The van der Waals surface area contributed by atoms with Gasteiger partial charge in [-0.3, -0.25) is 0 Å². The van der Waals surface area contributed by atoms with Crippen LogP contribution in [0.3, 0.4) is 0 Å². The Morgan fingerprint density at radius 3 is 2.80 bits per heavy atom. The summed E-state index contributed by atoms with van der Waals surface area (Å²) in [7, 11) is 0. The van der Waals surface area contributed by atoms with Crippen LogP contribution in [-0.2, 0) is 0 Å². The third kappa shape index (κ3) is 4.48. The average Bonchev–Trinajstić information content (AvgIpc) is 2.16. The van der Waals surface area contributed by atoms with Crippen molar-refractivity contribution in [3.63, 3.8) is 0 Å². The summed E-state index contributed by atoms with van der Waals surface area (Å²) >= 11 is 0. The predicted octanol–water partition coefficient (Wildman–Crippen LogP) is 2.10. The molecule has 3 N–H and O–H groups in total. The highest BCUT2D eigenvalue weighted by Crippen LogP contribution is 2.11. The second-order valence-electron chi connectivity index (χ2n) is 4.36. The van der Waals surface area contributed by atoms with E-state index >= 15 is 0 Å². The number of nitriles is 1. The summed E-state index contributed by atoms with van der Waals surface area (Å²) in [4.78, 5) is 0. The smallest absolute Gasteiger partial charge is 0.0992 e. The Balaban J connectivity index is 2.48. The first-order valence-electron chi connectivity index (χ1n) is 5.04. The van der Waals surface area contributed by atoms with Crippen LogP contribution in [0.2, 0.25) is 0 Å². The van der Waals surface area contributed by atoms with E-state index in [0.717, 1.165) is 18.7 Å². The van der Waals surface area contributed by atoms with E-state index in [0.29, 0.717) is 5.56 Å². The molecule has 0 fully saturated rings. The van der Waals surface area contributed by atoms with Crippen molar-refractivity contribution in [1.82, 2.24) is 0 Å². The van der Waals surface area contributed by atoms with Crippen molar-refractivity contribution in [3.8, 4) is 6.07 Å². The molecule has 3 heteroatoms. The Kier molecular flexibility index (Phi) is 3.70. The molecular weight excluding hydrogens is 186 g/mol. The first kappa shape index (κ1) is 11.5. The molecule has 0 aliphatic heterocycles. The number of nitrogens with one attached hydrogen (secondary N) is 1. The lowest BCUT2D eigenvalue weighted by atomic mass is 10.0. The van der Waals surface area contributed by atoms with Gasteiger partial charge >= 0.3 is 0 Å². The number of hydrogen-bond donors (Lipinski definition) is 2. The predicted molar refractivity (Wildman–Crippen MR) is 62.5 cm³/mol. The molecule has 0 aliphatic carbocycles. The van der Waals surface area contributed by atoms with E-state index in [1.807, 2.05) is 32.0 Å². The monoisotopic (exact) mass is 203 g/mol. The molecule has 0 radical (unpaired) electrons. The van der Waals surface area contributed by atoms with Gasteiger partial charge in [-0.05, 0) is 38.5 Å². The number of nitrogens with zero attached hydrogens (tertiary/aromatic N) is 1. The van der Waals surface area contributed by atoms with Crippen LogP contribution in [-0.4, -0.2) is 12.1 Å². The topological polar surface area (TPSA) is 61.8 Å². The van der Waals surface area contributed by atoms with Gasteiger partial charge in [-0.25, -0.2) is 0 Å². The molecule has 80 valence electrons. The minimum absolute atomic E-state index is 0.153. The lowest BCUT2D eigenvalue weighted by molar-refractivity contribution is 0.491. The van der Waals surface area contributed by atoms with Crippen molar-refractivity contribution in [2.24, 2.45) is 5.73 Å². The molecular formula is C12H17N3. The van der Waals surface area contributed by atoms with Crippen LogP contribution in [0.4, 0.5) is 5.69 Å². The highest BCUT2D eigenvalue weighted by Gasteiger charge is 2.09. The number of nitrogens with two attached hydrogens (primary N) is 1. The third-order valence-electron chi connectivity index (χ3n) is 2.09. The number of rotatable bonds is 4. The van der Waals surface area contributed by atoms with E-state index < -0.39 is 0 Å². The molecule has 0 spiro atoms. The van der Waals surface area contributed by atoms with Crippen LogP contribution in [0.1, 0.15) is 25.8 Å². The van der Waals surface area contributed by atoms with E-state index in [-0.39, 0.29) is 5.54 Å². The molecule has 0 aliphatic rings. The SMILES string of the molecule is CC(C)(N)CCNc1cccc(C#N)c1. The average molecular weight is 203 g/mol. The highest BCUT2D eigenvalue weighted by molar-refractivity contribution is 5.49. The zero-order valence-corrected chi connectivity index (χ0v) is 9.25. The van der Waals surface area contributed by atoms with Gasteiger partial charge in [0.05, 0.1) is 11.6 Å². The van der Waals surface area contributed by atoms with Crippen molar-refractivity contribution in [2.75, 3.05) is 11.9 Å². The van der Waals surface area contributed by atoms with E-state index in [2.05, 4.69) is 11.4 Å². The molecule has 1 aromatic carbocycles. The van der Waals surface area contributed by atoms with Gasteiger partial charge in [-0.2, -0.15) is 5.26 Å². The molecule has 3 nitrogen and oxygen atoms in total. The van der Waals surface area contributed by atoms with E-state index in [9.17, 15) is 0 Å². The fourth-order valence-electron chi connectivity index (χ4n) is 1.23. The van der Waals surface area contributed by atoms with Gasteiger partial charge in [0, 0.05) is 17.8 Å². The summed E-state index contributed by atoms with van der Waals surface area (Å²) < 4.78 is 0. The maximum Gasteiger partial charge on any atom is 0.0992 e. The molecule has 15 heavy (non-hydrogen) atoms. The van der Waals surface area contributed by atoms with Crippen LogP contribution in [0.15, 0.2) is 24.3 Å². The molecule has 1 rings (SSSR count). The van der Waals surface area contributed by atoms with Gasteiger partial charge in [0.2, 0.25) is 0 Å². The van der Waals surface area contributed by atoms with Crippen LogP contribution >= 0.6 is 0 Å². The zero-order chi connectivity index (χ0) is 11.3. The minimum atomic E-state index is -0.153. The lowest BCUT2D eigenvalue weighted by Gasteiger charge is -2.18. The van der Waals surface area contributed by atoms with Crippen LogP contribution in [0.5, 0.6) is 0 Å². The maximum atomic E-state index is 8.72. The standard InChI is InChI=1S/C12H17N3/c1-12(2,14)6-7-15-11-5-3-4-10(8-11)9-13/h3-5,8,15H,6-7,14H2,1-2H3. The van der Waals surface area contributed by atoms with Gasteiger partial charge in [-0.15, -0.1) is 0 Å². The van der Waals surface area contributed by atoms with Crippen molar-refractivity contribution < 1.29 is 0 Å². The molecule has 0 heterocycles. The Bertz CT molecular complexity index is 358. The maximum absolute atomic E-state index is 8.72. The van der Waals surface area contributed by atoms with Crippen molar-refractivity contribution in [1.29, 1.82) is 5.26 Å². The summed E-state index contributed by atoms with van der Waals surface area (Å²) in [5.41, 5.74) is 7.35. The summed E-state index contributed by atoms with van der Waals surface area (Å²) in [6.45, 7) is 4.82. The third-order valence-corrected chi connectivity index (χ3v) is 2.09. The van der Waals surface area contributed by atoms with Crippen molar-refractivity contribution in [3.05, 3.63) is 29.8 Å². The Morgan fingerprint density at radius 2 is 2.20 bits per heavy atom. The molecule has 0 saturated heterocycles. The largest absolute Gasteiger partial charge is 0.385 e. The van der Waals surface area contributed by atoms with Crippen LogP contribution < -0.4 is 11.1 Å². The minimum Gasteiger partial charge on any atom is -0.385 e. The molecule has 0 atom stereocenters. The van der Waals surface area contributed by atoms with Gasteiger partial charge in [0.15, 0.2) is 0 Å². The first-order chi connectivity index (χ1) is 7.01. The molecule has 1 aromatic rings. The van der Waals surface area contributed by atoms with Crippen molar-refractivity contribution >= 4 is 5.69 Å². The zero-order valence-electron chi connectivity index (χ0n) is 9.25. The van der Waals surface area contributed by atoms with Crippen LogP contribution in [0.25, 0.3) is 0 Å². The van der Waals surface area contributed by atoms with Gasteiger partial charge in [0.1, 0.15) is 0 Å². The number of hydrogen-bond acceptors (Lipinski definition) is 3. The van der Waals surface area contributed by atoms with E-state index in [1.54, 1.807) is 6.07 Å². The molecule has 0 unspecified atom stereocenters. The highest BCUT2D eigenvalue weighted by atomic mass is 14.9. The fourth-order valence-corrected chi connectivity index (χ4v) is 1.23. The fraction of sp³-hybridized carbons (Fsp3) is 0.417. The van der Waals surface area contributed by atoms with Crippen LogP contribution in [0, 0.1) is 11.3 Å². The van der Waals surface area contributed by atoms with Gasteiger partial charge in [-0.1, -0.05) is 6.07 Å². The second kappa shape index (κ2) is 4.81. The molecule has 0 saturated carbocycles. The normalized spacial score (nSPS) is 10.8. The van der Waals surface area contributed by atoms with Crippen molar-refractivity contribution in [2.45, 2.75) is 25.8 Å². The first-order valence-corrected chi connectivity index (χ1v) is 5.04. The Labute approximate surface area is 90.9 Å². The molecule has 0 aromatic heterocycles. The molecule has 0 amide bonds. The van der Waals surface area contributed by atoms with Gasteiger partial charge < -0.3 is 11.1 Å². The quantitative estimate of drug-likeness (QED) is 0.787. The second-order valence-corrected chi connectivity index (χ2v) is 4.36.